The molecule has 4 N–H and O–H groups in total. The van der Waals surface area contributed by atoms with Crippen LogP contribution in [0.2, 0.25) is 0 Å². The third kappa shape index (κ3) is 5.87. The summed E-state index contributed by atoms with van der Waals surface area (Å²) in [6, 6.07) is 10.7. The van der Waals surface area contributed by atoms with Crippen molar-refractivity contribution < 1.29 is 23.8 Å². The van der Waals surface area contributed by atoms with Crippen LogP contribution in [-0.4, -0.2) is 51.1 Å². The molecule has 3 rings (SSSR count). The van der Waals surface area contributed by atoms with Crippen molar-refractivity contribution in [3.8, 4) is 0 Å². The van der Waals surface area contributed by atoms with Crippen LogP contribution >= 0.6 is 0 Å². The van der Waals surface area contributed by atoms with Crippen molar-refractivity contribution in [2.45, 2.75) is 20.8 Å². The summed E-state index contributed by atoms with van der Waals surface area (Å²) in [4.78, 5) is 27.1. The summed E-state index contributed by atoms with van der Waals surface area (Å²) in [5, 5.41) is 5.81. The lowest BCUT2D eigenvalue weighted by Crippen LogP contribution is -3.28. The Balaban J connectivity index is 1.42. The Labute approximate surface area is 177 Å². The summed E-state index contributed by atoms with van der Waals surface area (Å²) in [7, 11) is 0. The van der Waals surface area contributed by atoms with Crippen molar-refractivity contribution >= 4 is 23.2 Å². The third-order valence-electron chi connectivity index (χ3n) is 5.69. The van der Waals surface area contributed by atoms with Gasteiger partial charge in [0.25, 0.3) is 11.8 Å². The predicted octanol–water partition coefficient (Wildman–Crippen LogP) is 0.112. The van der Waals surface area contributed by atoms with Gasteiger partial charge in [0.1, 0.15) is 32.0 Å². The molecule has 2 aromatic carbocycles. The van der Waals surface area contributed by atoms with Crippen LogP contribution < -0.4 is 20.4 Å². The number of amides is 2. The second-order valence-corrected chi connectivity index (χ2v) is 8.18. The quantitative estimate of drug-likeness (QED) is 0.542. The summed E-state index contributed by atoms with van der Waals surface area (Å²) < 4.78 is 13.6. The van der Waals surface area contributed by atoms with Crippen LogP contribution in [0.25, 0.3) is 0 Å². The second kappa shape index (κ2) is 9.82. The van der Waals surface area contributed by atoms with Crippen molar-refractivity contribution in [1.29, 1.82) is 0 Å². The first-order chi connectivity index (χ1) is 14.3. The van der Waals surface area contributed by atoms with Crippen molar-refractivity contribution in [1.82, 2.24) is 0 Å². The number of quaternary nitrogens is 2. The molecule has 0 aromatic heterocycles. The third-order valence-corrected chi connectivity index (χ3v) is 5.69. The smallest absolute Gasteiger partial charge is 0.279 e. The number of carbonyl (C=O) groups excluding carboxylic acids is 2. The SMILES string of the molecule is Cc1ccc(NC(=O)C[NH+]2CC[NH+](CC(=O)Nc3c(C)cccc3C)CC2)cc1F. The number of benzene rings is 2. The summed E-state index contributed by atoms with van der Waals surface area (Å²) in [6.07, 6.45) is 0. The summed E-state index contributed by atoms with van der Waals surface area (Å²) in [5.74, 6) is -0.425. The Hall–Kier alpha value is -2.77. The molecular formula is C23H31FN4O2+2. The highest BCUT2D eigenvalue weighted by Gasteiger charge is 2.26. The molecule has 1 saturated heterocycles. The van der Waals surface area contributed by atoms with Crippen LogP contribution in [0.4, 0.5) is 15.8 Å². The van der Waals surface area contributed by atoms with Crippen LogP contribution in [0, 0.1) is 26.6 Å². The minimum absolute atomic E-state index is 0.0185. The number of hydrogen-bond acceptors (Lipinski definition) is 2. The lowest BCUT2D eigenvalue weighted by Gasteiger charge is -2.29. The van der Waals surface area contributed by atoms with E-state index in [0.717, 1.165) is 43.0 Å². The van der Waals surface area contributed by atoms with Gasteiger partial charge < -0.3 is 20.4 Å². The highest BCUT2D eigenvalue weighted by Crippen LogP contribution is 2.18. The monoisotopic (exact) mass is 414 g/mol. The fourth-order valence-corrected chi connectivity index (χ4v) is 3.84. The van der Waals surface area contributed by atoms with E-state index in [2.05, 4.69) is 10.6 Å². The number of halogens is 1. The van der Waals surface area contributed by atoms with Gasteiger partial charge in [-0.1, -0.05) is 24.3 Å². The van der Waals surface area contributed by atoms with E-state index in [-0.39, 0.29) is 17.6 Å². The average Bonchev–Trinajstić information content (AvgIpc) is 2.69. The summed E-state index contributed by atoms with van der Waals surface area (Å²) in [6.45, 7) is 9.76. The molecule has 0 saturated carbocycles. The first kappa shape index (κ1) is 21.9. The highest BCUT2D eigenvalue weighted by atomic mass is 19.1. The number of anilines is 2. The number of hydrogen-bond donors (Lipinski definition) is 4. The molecule has 0 radical (unpaired) electrons. The van der Waals surface area contributed by atoms with Crippen LogP contribution in [0.1, 0.15) is 16.7 Å². The molecule has 0 aliphatic carbocycles. The molecule has 6 nitrogen and oxygen atoms in total. The van der Waals surface area contributed by atoms with E-state index in [4.69, 9.17) is 0 Å². The highest BCUT2D eigenvalue weighted by molar-refractivity contribution is 5.93. The minimum atomic E-state index is -0.323. The van der Waals surface area contributed by atoms with Gasteiger partial charge >= 0.3 is 0 Å². The zero-order valence-electron chi connectivity index (χ0n) is 17.9. The first-order valence-electron chi connectivity index (χ1n) is 10.4. The van der Waals surface area contributed by atoms with Gasteiger partial charge in [-0.05, 0) is 49.6 Å². The van der Waals surface area contributed by atoms with E-state index in [1.165, 1.54) is 15.9 Å². The number of rotatable bonds is 6. The molecule has 0 spiro atoms. The van der Waals surface area contributed by atoms with Crippen molar-refractivity contribution in [3.63, 3.8) is 0 Å². The van der Waals surface area contributed by atoms with Gasteiger partial charge in [-0.15, -0.1) is 0 Å². The molecule has 1 aliphatic heterocycles. The fourth-order valence-electron chi connectivity index (χ4n) is 3.84. The van der Waals surface area contributed by atoms with E-state index < -0.39 is 0 Å². The molecule has 1 heterocycles. The summed E-state index contributed by atoms with van der Waals surface area (Å²) >= 11 is 0. The van der Waals surface area contributed by atoms with E-state index >= 15 is 0 Å². The van der Waals surface area contributed by atoms with E-state index in [1.54, 1.807) is 19.1 Å². The Morgan fingerprint density at radius 3 is 1.90 bits per heavy atom. The molecule has 2 amide bonds. The molecule has 160 valence electrons. The fraction of sp³-hybridized carbons (Fsp3) is 0.391. The largest absolute Gasteiger partial charge is 0.321 e. The van der Waals surface area contributed by atoms with Gasteiger partial charge in [0.05, 0.1) is 0 Å². The Morgan fingerprint density at radius 2 is 1.37 bits per heavy atom. The lowest BCUT2D eigenvalue weighted by atomic mass is 10.1. The second-order valence-electron chi connectivity index (χ2n) is 8.18. The topological polar surface area (TPSA) is 67.1 Å². The molecule has 2 aromatic rings. The molecule has 7 heteroatoms. The zero-order chi connectivity index (χ0) is 21.7. The van der Waals surface area contributed by atoms with Crippen molar-refractivity contribution in [3.05, 3.63) is 58.9 Å². The maximum atomic E-state index is 13.6. The van der Waals surface area contributed by atoms with Gasteiger partial charge in [-0.2, -0.15) is 0 Å². The molecule has 1 fully saturated rings. The van der Waals surface area contributed by atoms with Gasteiger partial charge in [0.2, 0.25) is 0 Å². The average molecular weight is 415 g/mol. The number of aryl methyl sites for hydroxylation is 3. The van der Waals surface area contributed by atoms with Gasteiger partial charge in [-0.25, -0.2) is 4.39 Å². The Bertz CT molecular complexity index is 903. The maximum absolute atomic E-state index is 13.6. The first-order valence-corrected chi connectivity index (χ1v) is 10.4. The lowest BCUT2D eigenvalue weighted by molar-refractivity contribution is -1.00. The molecule has 1 aliphatic rings. The van der Waals surface area contributed by atoms with Crippen LogP contribution in [0.5, 0.6) is 0 Å². The Kier molecular flexibility index (Phi) is 7.18. The minimum Gasteiger partial charge on any atom is -0.321 e. The van der Waals surface area contributed by atoms with E-state index in [1.807, 2.05) is 32.0 Å². The molecule has 30 heavy (non-hydrogen) atoms. The van der Waals surface area contributed by atoms with E-state index in [9.17, 15) is 14.0 Å². The van der Waals surface area contributed by atoms with E-state index in [0.29, 0.717) is 24.3 Å². The van der Waals surface area contributed by atoms with Crippen LogP contribution in [-0.2, 0) is 9.59 Å². The molecule has 0 unspecified atom stereocenters. The van der Waals surface area contributed by atoms with Gasteiger partial charge in [-0.3, -0.25) is 9.59 Å². The normalized spacial score (nSPS) is 18.7. The molecule has 0 atom stereocenters. The number of para-hydroxylation sites is 1. The number of nitrogens with one attached hydrogen (secondary N) is 4. The zero-order valence-corrected chi connectivity index (χ0v) is 17.9. The van der Waals surface area contributed by atoms with Crippen LogP contribution in [0.15, 0.2) is 36.4 Å². The summed E-state index contributed by atoms with van der Waals surface area (Å²) in [5.41, 5.74) is 4.06. The molecule has 0 bridgehead atoms. The van der Waals surface area contributed by atoms with Crippen molar-refractivity contribution in [2.75, 3.05) is 49.9 Å². The maximum Gasteiger partial charge on any atom is 0.279 e. The van der Waals surface area contributed by atoms with Crippen LogP contribution in [0.3, 0.4) is 0 Å². The molecular weight excluding hydrogens is 383 g/mol. The Morgan fingerprint density at radius 1 is 0.833 bits per heavy atom. The van der Waals surface area contributed by atoms with Gasteiger partial charge in [0, 0.05) is 11.4 Å². The van der Waals surface area contributed by atoms with Gasteiger partial charge in [0.15, 0.2) is 13.1 Å². The standard InChI is InChI=1S/C23H29FN4O2/c1-16-7-8-19(13-20(16)24)25-21(29)14-27-9-11-28(12-10-27)15-22(30)26-23-17(2)5-4-6-18(23)3/h4-8,13H,9-12,14-15H2,1-3H3,(H,25,29)(H,26,30)/p+2. The number of carbonyl (C=O) groups is 2. The van der Waals surface area contributed by atoms with Crippen molar-refractivity contribution in [2.24, 2.45) is 0 Å². The predicted molar refractivity (Wildman–Crippen MR) is 115 cm³/mol. The number of piperazine rings is 1.